The molecule has 0 saturated carbocycles. The SMILES string of the molecule is CC1CN(c2ccc3ncsc3c2)CCO1. The van der Waals surface area contributed by atoms with E-state index in [4.69, 9.17) is 4.74 Å². The van der Waals surface area contributed by atoms with Crippen LogP contribution in [0.3, 0.4) is 0 Å². The van der Waals surface area contributed by atoms with Crippen LogP contribution < -0.4 is 4.90 Å². The molecule has 1 saturated heterocycles. The fourth-order valence-corrected chi connectivity index (χ4v) is 2.80. The standard InChI is InChI=1S/C12H14N2OS/c1-9-7-14(4-5-15-9)10-2-3-11-12(6-10)16-8-13-11/h2-3,6,8-9H,4-5,7H2,1H3. The zero-order valence-electron chi connectivity index (χ0n) is 9.22. The van der Waals surface area contributed by atoms with Crippen molar-refractivity contribution in [2.24, 2.45) is 0 Å². The molecule has 0 aliphatic carbocycles. The van der Waals surface area contributed by atoms with Gasteiger partial charge in [0.1, 0.15) is 0 Å². The van der Waals surface area contributed by atoms with Crippen molar-refractivity contribution in [2.75, 3.05) is 24.6 Å². The molecule has 2 aromatic rings. The first-order valence-corrected chi connectivity index (χ1v) is 6.41. The second-order valence-electron chi connectivity index (χ2n) is 4.13. The molecule has 1 aliphatic rings. The van der Waals surface area contributed by atoms with Crippen molar-refractivity contribution >= 4 is 27.2 Å². The molecule has 1 atom stereocenters. The number of hydrogen-bond acceptors (Lipinski definition) is 4. The van der Waals surface area contributed by atoms with Crippen molar-refractivity contribution in [1.29, 1.82) is 0 Å². The maximum atomic E-state index is 5.55. The summed E-state index contributed by atoms with van der Waals surface area (Å²) in [6.45, 7) is 4.90. The zero-order chi connectivity index (χ0) is 11.0. The Bertz CT molecular complexity index is 496. The maximum absolute atomic E-state index is 5.55. The number of thiazole rings is 1. The highest BCUT2D eigenvalue weighted by molar-refractivity contribution is 7.16. The van der Waals surface area contributed by atoms with Crippen LogP contribution in [0.25, 0.3) is 10.2 Å². The molecule has 2 heterocycles. The molecule has 4 heteroatoms. The first-order chi connectivity index (χ1) is 7.83. The quantitative estimate of drug-likeness (QED) is 0.758. The van der Waals surface area contributed by atoms with Crippen LogP contribution in [0.2, 0.25) is 0 Å². The molecule has 0 N–H and O–H groups in total. The minimum atomic E-state index is 0.325. The van der Waals surface area contributed by atoms with E-state index in [1.807, 2.05) is 5.51 Å². The lowest BCUT2D eigenvalue weighted by Gasteiger charge is -2.32. The number of ether oxygens (including phenoxy) is 1. The minimum absolute atomic E-state index is 0.325. The Labute approximate surface area is 98.7 Å². The van der Waals surface area contributed by atoms with Crippen molar-refractivity contribution in [1.82, 2.24) is 4.98 Å². The highest BCUT2D eigenvalue weighted by Crippen LogP contribution is 2.25. The van der Waals surface area contributed by atoms with Gasteiger partial charge in [0.15, 0.2) is 0 Å². The van der Waals surface area contributed by atoms with Gasteiger partial charge in [-0.05, 0) is 25.1 Å². The number of morpholine rings is 1. The van der Waals surface area contributed by atoms with E-state index in [-0.39, 0.29) is 0 Å². The van der Waals surface area contributed by atoms with E-state index < -0.39 is 0 Å². The lowest BCUT2D eigenvalue weighted by atomic mass is 10.2. The van der Waals surface area contributed by atoms with E-state index >= 15 is 0 Å². The molecule has 3 rings (SSSR count). The zero-order valence-corrected chi connectivity index (χ0v) is 10.0. The fourth-order valence-electron chi connectivity index (χ4n) is 2.09. The van der Waals surface area contributed by atoms with Gasteiger partial charge in [-0.25, -0.2) is 4.98 Å². The van der Waals surface area contributed by atoms with Crippen molar-refractivity contribution in [3.8, 4) is 0 Å². The van der Waals surface area contributed by atoms with Crippen molar-refractivity contribution in [3.63, 3.8) is 0 Å². The number of benzene rings is 1. The molecule has 84 valence electrons. The van der Waals surface area contributed by atoms with E-state index in [1.54, 1.807) is 11.3 Å². The van der Waals surface area contributed by atoms with Crippen LogP contribution in [-0.4, -0.2) is 30.8 Å². The van der Waals surface area contributed by atoms with Gasteiger partial charge in [-0.1, -0.05) is 0 Å². The molecule has 1 aromatic carbocycles. The van der Waals surface area contributed by atoms with Crippen LogP contribution in [0.5, 0.6) is 0 Å². The van der Waals surface area contributed by atoms with Crippen molar-refractivity contribution in [2.45, 2.75) is 13.0 Å². The Hall–Kier alpha value is -1.13. The lowest BCUT2D eigenvalue weighted by molar-refractivity contribution is 0.0532. The normalized spacial score (nSPS) is 21.6. The average molecular weight is 234 g/mol. The summed E-state index contributed by atoms with van der Waals surface area (Å²) in [6, 6.07) is 6.48. The molecular formula is C12H14N2OS. The molecule has 1 unspecified atom stereocenters. The average Bonchev–Trinajstić information content (AvgIpc) is 2.75. The summed E-state index contributed by atoms with van der Waals surface area (Å²) in [6.07, 6.45) is 0.325. The molecule has 0 amide bonds. The van der Waals surface area contributed by atoms with E-state index in [1.165, 1.54) is 10.4 Å². The van der Waals surface area contributed by atoms with E-state index in [0.29, 0.717) is 6.10 Å². The van der Waals surface area contributed by atoms with Crippen molar-refractivity contribution < 1.29 is 4.74 Å². The van der Waals surface area contributed by atoms with Gasteiger partial charge < -0.3 is 9.64 Å². The summed E-state index contributed by atoms with van der Waals surface area (Å²) in [5.41, 5.74) is 4.28. The number of anilines is 1. The van der Waals surface area contributed by atoms with E-state index in [0.717, 1.165) is 25.2 Å². The largest absolute Gasteiger partial charge is 0.375 e. The molecule has 3 nitrogen and oxygen atoms in total. The molecule has 0 spiro atoms. The highest BCUT2D eigenvalue weighted by atomic mass is 32.1. The summed E-state index contributed by atoms with van der Waals surface area (Å²) in [7, 11) is 0. The summed E-state index contributed by atoms with van der Waals surface area (Å²) < 4.78 is 6.81. The van der Waals surface area contributed by atoms with Gasteiger partial charge in [-0.15, -0.1) is 11.3 Å². The van der Waals surface area contributed by atoms with E-state index in [9.17, 15) is 0 Å². The minimum Gasteiger partial charge on any atom is -0.375 e. The third-order valence-electron chi connectivity index (χ3n) is 2.92. The predicted octanol–water partition coefficient (Wildman–Crippen LogP) is 2.52. The van der Waals surface area contributed by atoms with Crippen molar-refractivity contribution in [3.05, 3.63) is 23.7 Å². The van der Waals surface area contributed by atoms with Gasteiger partial charge in [-0.2, -0.15) is 0 Å². The van der Waals surface area contributed by atoms with E-state index in [2.05, 4.69) is 35.0 Å². The number of fused-ring (bicyclic) bond motifs is 1. The number of aromatic nitrogens is 1. The topological polar surface area (TPSA) is 25.4 Å². The third kappa shape index (κ3) is 1.79. The first-order valence-electron chi connectivity index (χ1n) is 5.53. The predicted molar refractivity (Wildman–Crippen MR) is 67.2 cm³/mol. The molecule has 1 fully saturated rings. The van der Waals surface area contributed by atoms with Gasteiger partial charge in [0.05, 0.1) is 28.4 Å². The second-order valence-corrected chi connectivity index (χ2v) is 5.02. The third-order valence-corrected chi connectivity index (χ3v) is 3.71. The molecule has 0 bridgehead atoms. The fraction of sp³-hybridized carbons (Fsp3) is 0.417. The van der Waals surface area contributed by atoms with Gasteiger partial charge >= 0.3 is 0 Å². The van der Waals surface area contributed by atoms with Crippen LogP contribution in [0.4, 0.5) is 5.69 Å². The Morgan fingerprint density at radius 3 is 3.31 bits per heavy atom. The Morgan fingerprint density at radius 2 is 2.44 bits per heavy atom. The van der Waals surface area contributed by atoms with Crippen LogP contribution in [0, 0.1) is 0 Å². The summed E-state index contributed by atoms with van der Waals surface area (Å²) in [4.78, 5) is 6.68. The molecule has 1 aromatic heterocycles. The van der Waals surface area contributed by atoms with Crippen LogP contribution in [-0.2, 0) is 4.74 Å². The van der Waals surface area contributed by atoms with Gasteiger partial charge in [0.25, 0.3) is 0 Å². The lowest BCUT2D eigenvalue weighted by Crippen LogP contribution is -2.41. The Morgan fingerprint density at radius 1 is 1.50 bits per heavy atom. The molecule has 0 radical (unpaired) electrons. The number of rotatable bonds is 1. The van der Waals surface area contributed by atoms with Gasteiger partial charge in [0, 0.05) is 18.8 Å². The van der Waals surface area contributed by atoms with Crippen LogP contribution in [0.1, 0.15) is 6.92 Å². The van der Waals surface area contributed by atoms with Gasteiger partial charge in [0.2, 0.25) is 0 Å². The second kappa shape index (κ2) is 4.03. The first kappa shape index (κ1) is 10.1. The highest BCUT2D eigenvalue weighted by Gasteiger charge is 2.17. The maximum Gasteiger partial charge on any atom is 0.0813 e. The number of nitrogens with zero attached hydrogens (tertiary/aromatic N) is 2. The molecular weight excluding hydrogens is 220 g/mol. The smallest absolute Gasteiger partial charge is 0.0813 e. The molecule has 16 heavy (non-hydrogen) atoms. The summed E-state index contributed by atoms with van der Waals surface area (Å²) in [5.74, 6) is 0. The Balaban J connectivity index is 1.92. The summed E-state index contributed by atoms with van der Waals surface area (Å²) in [5, 5.41) is 0. The van der Waals surface area contributed by atoms with Crippen LogP contribution in [0.15, 0.2) is 23.7 Å². The van der Waals surface area contributed by atoms with Crippen LogP contribution >= 0.6 is 11.3 Å². The Kier molecular flexibility index (Phi) is 2.53. The summed E-state index contributed by atoms with van der Waals surface area (Å²) >= 11 is 1.70. The van der Waals surface area contributed by atoms with Gasteiger partial charge in [-0.3, -0.25) is 0 Å². The monoisotopic (exact) mass is 234 g/mol. The number of hydrogen-bond donors (Lipinski definition) is 0. The molecule has 1 aliphatic heterocycles.